The molecule has 0 spiro atoms. The van der Waals surface area contributed by atoms with E-state index in [1.165, 1.54) is 6.26 Å². The van der Waals surface area contributed by atoms with E-state index in [4.69, 9.17) is 4.42 Å². The number of carbonyl (C=O) groups excluding carboxylic acids is 1. The fourth-order valence-corrected chi connectivity index (χ4v) is 2.29. The molecular weight excluding hydrogens is 294 g/mol. The van der Waals surface area contributed by atoms with Gasteiger partial charge < -0.3 is 9.32 Å². The molecule has 18 heavy (non-hydrogen) atoms. The smallest absolute Gasteiger partial charge is 0.262 e. The molecule has 0 aliphatic heterocycles. The zero-order valence-corrected chi connectivity index (χ0v) is 11.9. The summed E-state index contributed by atoms with van der Waals surface area (Å²) in [6, 6.07) is 9.52. The molecule has 0 bridgehead atoms. The minimum atomic E-state index is -0.0626. The topological polar surface area (TPSA) is 33.5 Å². The second-order valence-corrected chi connectivity index (χ2v) is 4.66. The van der Waals surface area contributed by atoms with Gasteiger partial charge in [0.15, 0.2) is 4.67 Å². The van der Waals surface area contributed by atoms with Crippen LogP contribution in [0.5, 0.6) is 0 Å². The lowest BCUT2D eigenvalue weighted by Gasteiger charge is -2.22. The van der Waals surface area contributed by atoms with E-state index in [1.807, 2.05) is 38.1 Å². The third-order valence-electron chi connectivity index (χ3n) is 2.82. The van der Waals surface area contributed by atoms with Crippen LogP contribution in [0.2, 0.25) is 0 Å². The highest BCUT2D eigenvalue weighted by Crippen LogP contribution is 2.25. The molecule has 0 aliphatic rings. The fourth-order valence-electron chi connectivity index (χ4n) is 1.88. The summed E-state index contributed by atoms with van der Waals surface area (Å²) in [5, 5.41) is 0. The number of anilines is 1. The van der Waals surface area contributed by atoms with Crippen LogP contribution in [0.3, 0.4) is 0 Å². The van der Waals surface area contributed by atoms with Gasteiger partial charge in [-0.25, -0.2) is 0 Å². The van der Waals surface area contributed by atoms with Gasteiger partial charge in [-0.2, -0.15) is 0 Å². The maximum Gasteiger partial charge on any atom is 0.262 e. The molecule has 1 heterocycles. The molecule has 0 saturated carbocycles. The van der Waals surface area contributed by atoms with Crippen molar-refractivity contribution in [3.05, 3.63) is 52.4 Å². The van der Waals surface area contributed by atoms with Crippen LogP contribution in [0.1, 0.15) is 22.8 Å². The first-order valence-corrected chi connectivity index (χ1v) is 6.55. The Hall–Kier alpha value is -1.55. The largest absolute Gasteiger partial charge is 0.457 e. The number of rotatable bonds is 3. The summed E-state index contributed by atoms with van der Waals surface area (Å²) in [5.41, 5.74) is 2.55. The van der Waals surface area contributed by atoms with E-state index in [-0.39, 0.29) is 5.91 Å². The third kappa shape index (κ3) is 2.34. The molecule has 2 aromatic rings. The Labute approximate surface area is 115 Å². The summed E-state index contributed by atoms with van der Waals surface area (Å²) in [6.45, 7) is 4.56. The molecule has 0 unspecified atom stereocenters. The Morgan fingerprint density at radius 2 is 2.06 bits per heavy atom. The summed E-state index contributed by atoms with van der Waals surface area (Å²) in [6.07, 6.45) is 1.50. The van der Waals surface area contributed by atoms with Crippen molar-refractivity contribution in [3.8, 4) is 0 Å². The highest BCUT2D eigenvalue weighted by molar-refractivity contribution is 9.10. The van der Waals surface area contributed by atoms with Crippen molar-refractivity contribution in [2.75, 3.05) is 11.4 Å². The SMILES string of the molecule is CCN(C(=O)c1ccoc1Br)c1ccccc1C. The summed E-state index contributed by atoms with van der Waals surface area (Å²) in [4.78, 5) is 14.2. The number of halogens is 1. The molecular formula is C14H14BrNO2. The Morgan fingerprint density at radius 1 is 1.33 bits per heavy atom. The number of hydrogen-bond donors (Lipinski definition) is 0. The average Bonchev–Trinajstić information content (AvgIpc) is 2.78. The van der Waals surface area contributed by atoms with Crippen LogP contribution in [0.15, 0.2) is 45.7 Å². The van der Waals surface area contributed by atoms with Gasteiger partial charge in [0.25, 0.3) is 5.91 Å². The number of hydrogen-bond acceptors (Lipinski definition) is 2. The molecule has 1 aromatic heterocycles. The minimum absolute atomic E-state index is 0.0626. The van der Waals surface area contributed by atoms with E-state index in [2.05, 4.69) is 15.9 Å². The van der Waals surface area contributed by atoms with Crippen LogP contribution in [-0.2, 0) is 0 Å². The molecule has 1 aromatic carbocycles. The van der Waals surface area contributed by atoms with E-state index in [9.17, 15) is 4.79 Å². The lowest BCUT2D eigenvalue weighted by atomic mass is 10.1. The van der Waals surface area contributed by atoms with E-state index < -0.39 is 0 Å². The van der Waals surface area contributed by atoms with Gasteiger partial charge in [-0.05, 0) is 47.5 Å². The lowest BCUT2D eigenvalue weighted by Crippen LogP contribution is -2.31. The van der Waals surface area contributed by atoms with Gasteiger partial charge >= 0.3 is 0 Å². The van der Waals surface area contributed by atoms with Crippen LogP contribution >= 0.6 is 15.9 Å². The first-order valence-electron chi connectivity index (χ1n) is 5.75. The van der Waals surface area contributed by atoms with Crippen LogP contribution in [0, 0.1) is 6.92 Å². The minimum Gasteiger partial charge on any atom is -0.457 e. The molecule has 2 rings (SSSR count). The van der Waals surface area contributed by atoms with Crippen molar-refractivity contribution in [2.45, 2.75) is 13.8 Å². The van der Waals surface area contributed by atoms with E-state index in [0.29, 0.717) is 16.8 Å². The Kier molecular flexibility index (Phi) is 3.87. The zero-order chi connectivity index (χ0) is 13.1. The summed E-state index contributed by atoms with van der Waals surface area (Å²) >= 11 is 3.24. The molecule has 1 amide bonds. The second kappa shape index (κ2) is 5.40. The molecule has 0 N–H and O–H groups in total. The van der Waals surface area contributed by atoms with Crippen LogP contribution in [0.4, 0.5) is 5.69 Å². The molecule has 3 nitrogen and oxygen atoms in total. The molecule has 0 saturated heterocycles. The van der Waals surface area contributed by atoms with Crippen molar-refractivity contribution in [1.29, 1.82) is 0 Å². The van der Waals surface area contributed by atoms with Gasteiger partial charge in [0, 0.05) is 12.2 Å². The Bertz CT molecular complexity index is 562. The van der Waals surface area contributed by atoms with E-state index in [0.717, 1.165) is 11.3 Å². The third-order valence-corrected chi connectivity index (χ3v) is 3.43. The van der Waals surface area contributed by atoms with Crippen molar-refractivity contribution >= 4 is 27.5 Å². The van der Waals surface area contributed by atoms with Crippen molar-refractivity contribution in [2.24, 2.45) is 0 Å². The van der Waals surface area contributed by atoms with Gasteiger partial charge in [-0.1, -0.05) is 18.2 Å². The second-order valence-electron chi connectivity index (χ2n) is 3.94. The first-order chi connectivity index (χ1) is 8.65. The maximum absolute atomic E-state index is 12.4. The Balaban J connectivity index is 2.39. The van der Waals surface area contributed by atoms with E-state index in [1.54, 1.807) is 11.0 Å². The van der Waals surface area contributed by atoms with Gasteiger partial charge in [0.1, 0.15) is 0 Å². The van der Waals surface area contributed by atoms with Gasteiger partial charge in [-0.3, -0.25) is 4.79 Å². The molecule has 0 aliphatic carbocycles. The monoisotopic (exact) mass is 307 g/mol. The van der Waals surface area contributed by atoms with Crippen LogP contribution in [0.25, 0.3) is 0 Å². The van der Waals surface area contributed by atoms with Gasteiger partial charge in [0.2, 0.25) is 0 Å². The first kappa shape index (κ1) is 12.9. The number of amides is 1. The normalized spacial score (nSPS) is 10.4. The number of furan rings is 1. The molecule has 0 fully saturated rings. The Morgan fingerprint density at radius 3 is 2.61 bits per heavy atom. The number of benzene rings is 1. The number of aryl methyl sites for hydroxylation is 1. The van der Waals surface area contributed by atoms with Crippen molar-refractivity contribution < 1.29 is 9.21 Å². The fraction of sp³-hybridized carbons (Fsp3) is 0.214. The highest BCUT2D eigenvalue weighted by Gasteiger charge is 2.21. The predicted octanol–water partition coefficient (Wildman–Crippen LogP) is 4.02. The quantitative estimate of drug-likeness (QED) is 0.858. The molecule has 0 radical (unpaired) electrons. The van der Waals surface area contributed by atoms with Gasteiger partial charge in [0.05, 0.1) is 11.8 Å². The van der Waals surface area contributed by atoms with Crippen LogP contribution < -0.4 is 4.90 Å². The predicted molar refractivity (Wildman–Crippen MR) is 74.9 cm³/mol. The summed E-state index contributed by atoms with van der Waals surface area (Å²) in [7, 11) is 0. The van der Waals surface area contributed by atoms with Crippen molar-refractivity contribution in [1.82, 2.24) is 0 Å². The molecule has 0 atom stereocenters. The standard InChI is InChI=1S/C14H14BrNO2/c1-3-16(12-7-5-4-6-10(12)2)14(17)11-8-9-18-13(11)15/h4-9H,3H2,1-2H3. The molecule has 4 heteroatoms. The van der Waals surface area contributed by atoms with Crippen LogP contribution in [-0.4, -0.2) is 12.5 Å². The highest BCUT2D eigenvalue weighted by atomic mass is 79.9. The maximum atomic E-state index is 12.4. The average molecular weight is 308 g/mol. The number of nitrogens with zero attached hydrogens (tertiary/aromatic N) is 1. The number of carbonyl (C=O) groups is 1. The van der Waals surface area contributed by atoms with E-state index >= 15 is 0 Å². The lowest BCUT2D eigenvalue weighted by molar-refractivity contribution is 0.0986. The molecule has 94 valence electrons. The number of para-hydroxylation sites is 1. The van der Waals surface area contributed by atoms with Crippen molar-refractivity contribution in [3.63, 3.8) is 0 Å². The summed E-state index contributed by atoms with van der Waals surface area (Å²) < 4.78 is 5.59. The van der Waals surface area contributed by atoms with Gasteiger partial charge in [-0.15, -0.1) is 0 Å². The summed E-state index contributed by atoms with van der Waals surface area (Å²) in [5.74, 6) is -0.0626. The zero-order valence-electron chi connectivity index (χ0n) is 10.3.